The van der Waals surface area contributed by atoms with Gasteiger partial charge < -0.3 is 14.4 Å². The highest BCUT2D eigenvalue weighted by Gasteiger charge is 2.25. The molecular weight excluding hydrogens is 330 g/mol. The van der Waals surface area contributed by atoms with E-state index in [2.05, 4.69) is 11.2 Å². The van der Waals surface area contributed by atoms with Crippen LogP contribution >= 0.6 is 0 Å². The van der Waals surface area contributed by atoms with E-state index in [0.717, 1.165) is 37.2 Å². The Balaban J connectivity index is 1.55. The number of carbonyl (C=O) groups excluding carboxylic acids is 1. The number of likely N-dealkylation sites (tertiary alicyclic amines) is 1. The zero-order valence-electron chi connectivity index (χ0n) is 15.8. The van der Waals surface area contributed by atoms with Crippen molar-refractivity contribution in [1.29, 1.82) is 0 Å². The Kier molecular flexibility index (Phi) is 5.81. The first-order chi connectivity index (χ1) is 12.6. The van der Waals surface area contributed by atoms with Gasteiger partial charge in [0.1, 0.15) is 0 Å². The van der Waals surface area contributed by atoms with Crippen molar-refractivity contribution in [2.75, 3.05) is 27.3 Å². The lowest BCUT2D eigenvalue weighted by Crippen LogP contribution is -2.38. The number of piperidine rings is 1. The fraction of sp³-hybridized carbons (Fsp3) is 0.500. The number of para-hydroxylation sites is 1. The van der Waals surface area contributed by atoms with Crippen molar-refractivity contribution in [2.45, 2.75) is 31.6 Å². The van der Waals surface area contributed by atoms with Crippen LogP contribution in [0.5, 0.6) is 11.5 Å². The van der Waals surface area contributed by atoms with Gasteiger partial charge >= 0.3 is 0 Å². The van der Waals surface area contributed by atoms with E-state index in [1.807, 2.05) is 41.0 Å². The number of ether oxygens (including phenoxy) is 2. The second-order valence-electron chi connectivity index (χ2n) is 6.69. The fourth-order valence-electron chi connectivity index (χ4n) is 3.76. The summed E-state index contributed by atoms with van der Waals surface area (Å²) in [7, 11) is 5.24. The molecule has 1 saturated heterocycles. The molecule has 1 aliphatic heterocycles. The van der Waals surface area contributed by atoms with Gasteiger partial charge in [-0.3, -0.25) is 9.48 Å². The Hall–Kier alpha value is -2.50. The van der Waals surface area contributed by atoms with Crippen LogP contribution in [0.1, 0.15) is 36.4 Å². The van der Waals surface area contributed by atoms with Gasteiger partial charge in [0.15, 0.2) is 11.5 Å². The maximum absolute atomic E-state index is 12.6. The standard InChI is InChI=1S/C20H27N3O3/c1-22-17(9-12-21-22)15-10-13-23(14-11-15)19(24)8-7-16-5-4-6-18(25-2)20(16)26-3/h4-6,9,12,15H,7-8,10-11,13-14H2,1-3H3. The predicted octanol–water partition coefficient (Wildman–Crippen LogP) is 2.78. The van der Waals surface area contributed by atoms with Crippen LogP contribution in [-0.2, 0) is 18.3 Å². The molecule has 0 saturated carbocycles. The van der Waals surface area contributed by atoms with Gasteiger partial charge in [-0.05, 0) is 37.0 Å². The van der Waals surface area contributed by atoms with Crippen LogP contribution in [0.25, 0.3) is 0 Å². The second-order valence-corrected chi connectivity index (χ2v) is 6.69. The van der Waals surface area contributed by atoms with Crippen LogP contribution < -0.4 is 9.47 Å². The third-order valence-electron chi connectivity index (χ3n) is 5.22. The molecular formula is C20H27N3O3. The summed E-state index contributed by atoms with van der Waals surface area (Å²) in [5.74, 6) is 2.12. The lowest BCUT2D eigenvalue weighted by atomic mass is 9.93. The predicted molar refractivity (Wildman–Crippen MR) is 99.6 cm³/mol. The number of benzene rings is 1. The molecule has 1 fully saturated rings. The van der Waals surface area contributed by atoms with Crippen molar-refractivity contribution in [1.82, 2.24) is 14.7 Å². The van der Waals surface area contributed by atoms with Crippen molar-refractivity contribution >= 4 is 5.91 Å². The zero-order chi connectivity index (χ0) is 18.5. The first kappa shape index (κ1) is 18.3. The Labute approximate surface area is 154 Å². The third kappa shape index (κ3) is 3.84. The molecule has 3 rings (SSSR count). The lowest BCUT2D eigenvalue weighted by molar-refractivity contribution is -0.132. The molecule has 0 N–H and O–H groups in total. The fourth-order valence-corrected chi connectivity index (χ4v) is 3.76. The summed E-state index contributed by atoms with van der Waals surface area (Å²) < 4.78 is 12.7. The smallest absolute Gasteiger partial charge is 0.222 e. The molecule has 0 bridgehead atoms. The van der Waals surface area contributed by atoms with Gasteiger partial charge in [0.2, 0.25) is 5.91 Å². The number of aryl methyl sites for hydroxylation is 2. The van der Waals surface area contributed by atoms with Crippen LogP contribution in [-0.4, -0.2) is 47.9 Å². The molecule has 1 aliphatic rings. The summed E-state index contributed by atoms with van der Waals surface area (Å²) >= 11 is 0. The van der Waals surface area contributed by atoms with E-state index in [0.29, 0.717) is 24.5 Å². The maximum atomic E-state index is 12.6. The summed E-state index contributed by atoms with van der Waals surface area (Å²) in [6, 6.07) is 7.87. The van der Waals surface area contributed by atoms with E-state index >= 15 is 0 Å². The highest BCUT2D eigenvalue weighted by Crippen LogP contribution is 2.32. The molecule has 6 heteroatoms. The highest BCUT2D eigenvalue weighted by molar-refractivity contribution is 5.76. The zero-order valence-corrected chi connectivity index (χ0v) is 15.8. The number of nitrogens with zero attached hydrogens (tertiary/aromatic N) is 3. The van der Waals surface area contributed by atoms with Crippen molar-refractivity contribution in [2.24, 2.45) is 7.05 Å². The van der Waals surface area contributed by atoms with Gasteiger partial charge in [-0.25, -0.2) is 0 Å². The van der Waals surface area contributed by atoms with E-state index < -0.39 is 0 Å². The van der Waals surface area contributed by atoms with Crippen molar-refractivity contribution < 1.29 is 14.3 Å². The van der Waals surface area contributed by atoms with E-state index in [1.165, 1.54) is 5.69 Å². The molecule has 0 aliphatic carbocycles. The quantitative estimate of drug-likeness (QED) is 0.798. The number of hydrogen-bond acceptors (Lipinski definition) is 4. The molecule has 0 spiro atoms. The van der Waals surface area contributed by atoms with Crippen LogP contribution in [0.4, 0.5) is 0 Å². The lowest BCUT2D eigenvalue weighted by Gasteiger charge is -2.32. The first-order valence-electron chi connectivity index (χ1n) is 9.09. The number of hydrogen-bond donors (Lipinski definition) is 0. The number of amides is 1. The van der Waals surface area contributed by atoms with E-state index in [4.69, 9.17) is 9.47 Å². The minimum atomic E-state index is 0.207. The Bertz CT molecular complexity index is 749. The van der Waals surface area contributed by atoms with Gasteiger partial charge in [-0.15, -0.1) is 0 Å². The molecule has 0 radical (unpaired) electrons. The van der Waals surface area contributed by atoms with Crippen LogP contribution in [0.15, 0.2) is 30.5 Å². The minimum Gasteiger partial charge on any atom is -0.493 e. The van der Waals surface area contributed by atoms with Crippen molar-refractivity contribution in [3.05, 3.63) is 41.7 Å². The molecule has 6 nitrogen and oxygen atoms in total. The van der Waals surface area contributed by atoms with Crippen molar-refractivity contribution in [3.63, 3.8) is 0 Å². The van der Waals surface area contributed by atoms with Crippen LogP contribution in [0.3, 0.4) is 0 Å². The molecule has 140 valence electrons. The molecule has 2 aromatic rings. The van der Waals surface area contributed by atoms with Gasteiger partial charge in [-0.2, -0.15) is 5.10 Å². The second kappa shape index (κ2) is 8.25. The molecule has 1 aromatic heterocycles. The Morgan fingerprint density at radius 1 is 1.19 bits per heavy atom. The minimum absolute atomic E-state index is 0.207. The SMILES string of the molecule is COc1cccc(CCC(=O)N2CCC(c3ccnn3C)CC2)c1OC. The average Bonchev–Trinajstić information content (AvgIpc) is 3.11. The topological polar surface area (TPSA) is 56.6 Å². The Morgan fingerprint density at radius 3 is 2.58 bits per heavy atom. The van der Waals surface area contributed by atoms with E-state index in [9.17, 15) is 4.79 Å². The Morgan fingerprint density at radius 2 is 1.96 bits per heavy atom. The van der Waals surface area contributed by atoms with Crippen molar-refractivity contribution in [3.8, 4) is 11.5 Å². The summed E-state index contributed by atoms with van der Waals surface area (Å²) in [4.78, 5) is 14.6. The molecule has 1 amide bonds. The molecule has 1 aromatic carbocycles. The molecule has 0 atom stereocenters. The van der Waals surface area contributed by atoms with Gasteiger partial charge in [-0.1, -0.05) is 12.1 Å². The van der Waals surface area contributed by atoms with Crippen LogP contribution in [0, 0.1) is 0 Å². The van der Waals surface area contributed by atoms with Crippen LogP contribution in [0.2, 0.25) is 0 Å². The largest absolute Gasteiger partial charge is 0.493 e. The first-order valence-corrected chi connectivity index (χ1v) is 9.09. The number of carbonyl (C=O) groups is 1. The van der Waals surface area contributed by atoms with Gasteiger partial charge in [0.25, 0.3) is 0 Å². The third-order valence-corrected chi connectivity index (χ3v) is 5.22. The summed E-state index contributed by atoms with van der Waals surface area (Å²) in [6.45, 7) is 1.62. The monoisotopic (exact) mass is 357 g/mol. The van der Waals surface area contributed by atoms with E-state index in [-0.39, 0.29) is 5.91 Å². The number of rotatable bonds is 6. The summed E-state index contributed by atoms with van der Waals surface area (Å²) in [6.07, 6.45) is 4.97. The van der Waals surface area contributed by atoms with E-state index in [1.54, 1.807) is 14.2 Å². The highest BCUT2D eigenvalue weighted by atomic mass is 16.5. The number of methoxy groups -OCH3 is 2. The molecule has 2 heterocycles. The maximum Gasteiger partial charge on any atom is 0.222 e. The number of aromatic nitrogens is 2. The average molecular weight is 357 g/mol. The van der Waals surface area contributed by atoms with Gasteiger partial charge in [0, 0.05) is 44.4 Å². The summed E-state index contributed by atoms with van der Waals surface area (Å²) in [5, 5.41) is 4.25. The summed E-state index contributed by atoms with van der Waals surface area (Å²) in [5.41, 5.74) is 2.27. The normalized spacial score (nSPS) is 15.1. The molecule has 26 heavy (non-hydrogen) atoms. The van der Waals surface area contributed by atoms with Gasteiger partial charge in [0.05, 0.1) is 14.2 Å². The molecule has 0 unspecified atom stereocenters.